The molecule has 0 radical (unpaired) electrons. The maximum Gasteiger partial charge on any atom is 0.170 e. The van der Waals surface area contributed by atoms with E-state index in [0.29, 0.717) is 0 Å². The molecule has 10 heavy (non-hydrogen) atoms. The normalized spacial score (nSPS) is 32.1. The molecule has 1 aliphatic rings. The fourth-order valence-electron chi connectivity index (χ4n) is 1.19. The van der Waals surface area contributed by atoms with Gasteiger partial charge in [0, 0.05) is 0 Å². The Morgan fingerprint density at radius 1 is 1.80 bits per heavy atom. The van der Waals surface area contributed by atoms with Crippen molar-refractivity contribution in [2.24, 2.45) is 0 Å². The third-order valence-corrected chi connectivity index (χ3v) is 3.46. The fraction of sp³-hybridized carbons (Fsp3) is 0.625. The summed E-state index contributed by atoms with van der Waals surface area (Å²) in [5, 5.41) is 0. The van der Waals surface area contributed by atoms with Crippen LogP contribution in [0.25, 0.3) is 0 Å². The quantitative estimate of drug-likeness (QED) is 0.569. The van der Waals surface area contributed by atoms with E-state index in [4.69, 9.17) is 0 Å². The highest BCUT2D eigenvalue weighted by atomic mass is 32.2. The lowest BCUT2D eigenvalue weighted by Crippen LogP contribution is -2.26. The SMILES string of the molecule is C=CC(=O)C1(C)CCCS1. The van der Waals surface area contributed by atoms with E-state index >= 15 is 0 Å². The third-order valence-electron chi connectivity index (χ3n) is 1.93. The van der Waals surface area contributed by atoms with Gasteiger partial charge in [-0.1, -0.05) is 6.58 Å². The minimum Gasteiger partial charge on any atom is -0.293 e. The maximum absolute atomic E-state index is 11.2. The van der Waals surface area contributed by atoms with Crippen molar-refractivity contribution in [1.82, 2.24) is 0 Å². The predicted molar refractivity (Wildman–Crippen MR) is 45.3 cm³/mol. The molecule has 0 saturated carbocycles. The zero-order valence-corrected chi connectivity index (χ0v) is 7.04. The van der Waals surface area contributed by atoms with E-state index in [2.05, 4.69) is 6.58 Å². The number of thioether (sulfide) groups is 1. The minimum absolute atomic E-state index is 0.137. The monoisotopic (exact) mass is 156 g/mol. The summed E-state index contributed by atoms with van der Waals surface area (Å²) in [6.07, 6.45) is 3.63. The molecule has 1 aliphatic heterocycles. The van der Waals surface area contributed by atoms with Crippen LogP contribution in [0, 0.1) is 0 Å². The van der Waals surface area contributed by atoms with E-state index in [0.717, 1.165) is 12.2 Å². The van der Waals surface area contributed by atoms with Crippen molar-refractivity contribution in [2.45, 2.75) is 24.5 Å². The highest BCUT2D eigenvalue weighted by molar-refractivity contribution is 8.01. The summed E-state index contributed by atoms with van der Waals surface area (Å²) in [7, 11) is 0. The van der Waals surface area contributed by atoms with Crippen molar-refractivity contribution in [1.29, 1.82) is 0 Å². The summed E-state index contributed by atoms with van der Waals surface area (Å²) >= 11 is 1.76. The van der Waals surface area contributed by atoms with Crippen molar-refractivity contribution in [3.8, 4) is 0 Å². The minimum atomic E-state index is -0.137. The molecule has 1 fully saturated rings. The largest absolute Gasteiger partial charge is 0.293 e. The number of allylic oxidation sites excluding steroid dienone is 1. The van der Waals surface area contributed by atoms with Crippen LogP contribution in [0.3, 0.4) is 0 Å². The van der Waals surface area contributed by atoms with Gasteiger partial charge in [0.1, 0.15) is 0 Å². The Morgan fingerprint density at radius 3 is 2.90 bits per heavy atom. The van der Waals surface area contributed by atoms with Crippen LogP contribution < -0.4 is 0 Å². The van der Waals surface area contributed by atoms with Gasteiger partial charge in [-0.3, -0.25) is 4.79 Å². The molecule has 2 heteroatoms. The first-order chi connectivity index (χ1) is 4.69. The number of hydrogen-bond acceptors (Lipinski definition) is 2. The molecule has 0 bridgehead atoms. The average molecular weight is 156 g/mol. The van der Waals surface area contributed by atoms with Crippen molar-refractivity contribution >= 4 is 17.5 Å². The Hall–Kier alpha value is -0.240. The van der Waals surface area contributed by atoms with Gasteiger partial charge in [-0.2, -0.15) is 0 Å². The molecule has 1 heterocycles. The van der Waals surface area contributed by atoms with Crippen LogP contribution in [0.1, 0.15) is 19.8 Å². The highest BCUT2D eigenvalue weighted by Gasteiger charge is 2.34. The Labute approximate surface area is 65.9 Å². The standard InChI is InChI=1S/C8H12OS/c1-3-7(9)8(2)5-4-6-10-8/h3H,1,4-6H2,2H3. The molecule has 1 saturated heterocycles. The third kappa shape index (κ3) is 1.26. The number of rotatable bonds is 2. The summed E-state index contributed by atoms with van der Waals surface area (Å²) in [5.74, 6) is 1.31. The van der Waals surface area contributed by atoms with E-state index in [1.165, 1.54) is 12.5 Å². The summed E-state index contributed by atoms with van der Waals surface area (Å²) in [6, 6.07) is 0. The van der Waals surface area contributed by atoms with Gasteiger partial charge in [0.2, 0.25) is 0 Å². The van der Waals surface area contributed by atoms with Crippen LogP contribution in [0.2, 0.25) is 0 Å². The Balaban J connectivity index is 2.66. The summed E-state index contributed by atoms with van der Waals surface area (Å²) in [4.78, 5) is 11.2. The topological polar surface area (TPSA) is 17.1 Å². The lowest BCUT2D eigenvalue weighted by molar-refractivity contribution is -0.116. The number of ketones is 1. The van der Waals surface area contributed by atoms with E-state index in [1.54, 1.807) is 11.8 Å². The van der Waals surface area contributed by atoms with E-state index in [9.17, 15) is 4.79 Å². The Kier molecular flexibility index (Phi) is 2.19. The predicted octanol–water partition coefficient (Wildman–Crippen LogP) is 2.03. The molecule has 56 valence electrons. The molecule has 0 aromatic carbocycles. The molecule has 0 amide bonds. The van der Waals surface area contributed by atoms with Gasteiger partial charge in [-0.05, 0) is 31.6 Å². The molecule has 0 aromatic rings. The van der Waals surface area contributed by atoms with E-state index in [1.807, 2.05) is 6.92 Å². The summed E-state index contributed by atoms with van der Waals surface area (Å²) in [6.45, 7) is 5.50. The van der Waals surface area contributed by atoms with Crippen LogP contribution in [0.4, 0.5) is 0 Å². The Bertz CT molecular complexity index is 157. The van der Waals surface area contributed by atoms with Crippen LogP contribution in [0.15, 0.2) is 12.7 Å². The molecule has 1 atom stereocenters. The molecule has 0 aliphatic carbocycles. The van der Waals surface area contributed by atoms with Crippen LogP contribution >= 0.6 is 11.8 Å². The lowest BCUT2D eigenvalue weighted by atomic mass is 10.0. The first kappa shape index (κ1) is 7.86. The fourth-order valence-corrected chi connectivity index (χ4v) is 2.44. The number of carbonyl (C=O) groups is 1. The first-order valence-electron chi connectivity index (χ1n) is 3.50. The zero-order valence-electron chi connectivity index (χ0n) is 6.22. The Morgan fingerprint density at radius 2 is 2.50 bits per heavy atom. The lowest BCUT2D eigenvalue weighted by Gasteiger charge is -2.17. The molecule has 0 spiro atoms. The van der Waals surface area contributed by atoms with Crippen LogP contribution in [-0.4, -0.2) is 16.3 Å². The van der Waals surface area contributed by atoms with Gasteiger partial charge in [0.25, 0.3) is 0 Å². The molecule has 0 N–H and O–H groups in total. The van der Waals surface area contributed by atoms with Crippen molar-refractivity contribution in [3.63, 3.8) is 0 Å². The van der Waals surface area contributed by atoms with Crippen molar-refractivity contribution < 1.29 is 4.79 Å². The molecule has 0 aromatic heterocycles. The molecule has 1 nitrogen and oxygen atoms in total. The van der Waals surface area contributed by atoms with Gasteiger partial charge in [-0.15, -0.1) is 11.8 Å². The molecular weight excluding hydrogens is 144 g/mol. The van der Waals surface area contributed by atoms with Gasteiger partial charge in [0.05, 0.1) is 4.75 Å². The molecule has 1 rings (SSSR count). The van der Waals surface area contributed by atoms with Crippen molar-refractivity contribution in [2.75, 3.05) is 5.75 Å². The van der Waals surface area contributed by atoms with Crippen molar-refractivity contribution in [3.05, 3.63) is 12.7 Å². The molecular formula is C8H12OS. The smallest absolute Gasteiger partial charge is 0.170 e. The number of carbonyl (C=O) groups excluding carboxylic acids is 1. The van der Waals surface area contributed by atoms with E-state index < -0.39 is 0 Å². The average Bonchev–Trinajstić information content (AvgIpc) is 2.36. The highest BCUT2D eigenvalue weighted by Crippen LogP contribution is 2.38. The maximum atomic E-state index is 11.2. The van der Waals surface area contributed by atoms with E-state index in [-0.39, 0.29) is 10.5 Å². The van der Waals surface area contributed by atoms with Gasteiger partial charge in [0.15, 0.2) is 5.78 Å². The van der Waals surface area contributed by atoms with Gasteiger partial charge in [-0.25, -0.2) is 0 Å². The zero-order chi connectivity index (χ0) is 7.61. The van der Waals surface area contributed by atoms with Gasteiger partial charge >= 0.3 is 0 Å². The first-order valence-corrected chi connectivity index (χ1v) is 4.48. The second kappa shape index (κ2) is 2.79. The molecule has 1 unspecified atom stereocenters. The van der Waals surface area contributed by atoms with Crippen LogP contribution in [0.5, 0.6) is 0 Å². The second-order valence-corrected chi connectivity index (χ2v) is 4.35. The summed E-state index contributed by atoms with van der Waals surface area (Å²) < 4.78 is -0.137. The van der Waals surface area contributed by atoms with Gasteiger partial charge < -0.3 is 0 Å². The van der Waals surface area contributed by atoms with Crippen LogP contribution in [-0.2, 0) is 4.79 Å². The number of hydrogen-bond donors (Lipinski definition) is 0. The second-order valence-electron chi connectivity index (χ2n) is 2.75. The summed E-state index contributed by atoms with van der Waals surface area (Å²) in [5.41, 5.74) is 0.